The van der Waals surface area contributed by atoms with Crippen LogP contribution >= 0.6 is 15.0 Å². The van der Waals surface area contributed by atoms with E-state index in [2.05, 4.69) is 41.8 Å². The summed E-state index contributed by atoms with van der Waals surface area (Å²) < 4.78 is 27.7. The van der Waals surface area contributed by atoms with E-state index in [1.54, 1.807) is 13.8 Å². The number of hydrogen-bond acceptors (Lipinski definition) is 11. The normalized spacial score (nSPS) is 16.8. The number of likely N-dealkylation sites (N-methyl/N-ethyl adjacent to an activating group) is 1. The lowest BCUT2D eigenvalue weighted by Crippen LogP contribution is -2.58. The Labute approximate surface area is 384 Å². The minimum atomic E-state index is -4.70. The molecule has 10 atom stereocenters. The number of nitrogens with one attached hydrogen (secondary N) is 6. The van der Waals surface area contributed by atoms with Gasteiger partial charge in [-0.05, 0) is 93.3 Å². The van der Waals surface area contributed by atoms with Crippen LogP contribution in [0.25, 0.3) is 5.32 Å². The van der Waals surface area contributed by atoms with Crippen molar-refractivity contribution < 1.29 is 58.2 Å². The highest BCUT2D eigenvalue weighted by molar-refractivity contribution is 7.57. The van der Waals surface area contributed by atoms with E-state index in [0.29, 0.717) is 30.4 Å². The fourth-order valence-electron chi connectivity index (χ4n) is 6.41. The van der Waals surface area contributed by atoms with Crippen molar-refractivity contribution in [3.63, 3.8) is 0 Å². The molecule has 17 N–H and O–H groups in total. The van der Waals surface area contributed by atoms with E-state index in [0.717, 1.165) is 0 Å². The average Bonchev–Trinajstić information content (AvgIpc) is 3.26. The number of guanidine groups is 1. The van der Waals surface area contributed by atoms with Crippen LogP contribution in [0.1, 0.15) is 77.3 Å². The predicted molar refractivity (Wildman–Crippen MR) is 249 cm³/mol. The molecular formula is C41H68N11O12P2-. The van der Waals surface area contributed by atoms with Gasteiger partial charge < -0.3 is 68.9 Å². The highest BCUT2D eigenvalue weighted by Crippen LogP contribution is 2.46. The number of hydrogen-bond donors (Lipinski definition) is 14. The Hall–Kier alpha value is -5.12. The number of carboxylic acid groups (broad SMARTS) is 1. The molecule has 0 aliphatic heterocycles. The first-order valence-electron chi connectivity index (χ1n) is 21.5. The van der Waals surface area contributed by atoms with Crippen LogP contribution in [-0.4, -0.2) is 123 Å². The Bertz CT molecular complexity index is 2030. The summed E-state index contributed by atoms with van der Waals surface area (Å²) in [6.45, 7) is 6.37. The van der Waals surface area contributed by atoms with Gasteiger partial charge in [-0.1, -0.05) is 57.5 Å². The summed E-state index contributed by atoms with van der Waals surface area (Å²) in [5.74, 6) is -8.76. The molecule has 2 aromatic carbocycles. The van der Waals surface area contributed by atoms with Crippen LogP contribution in [0.4, 0.5) is 0 Å². The maximum Gasteiger partial charge on any atom is 0.321 e. The summed E-state index contributed by atoms with van der Waals surface area (Å²) in [5.41, 5.74) is 17.2. The van der Waals surface area contributed by atoms with Crippen LogP contribution in [0, 0.1) is 5.92 Å². The van der Waals surface area contributed by atoms with Crippen molar-refractivity contribution in [3.8, 4) is 11.5 Å². The van der Waals surface area contributed by atoms with Gasteiger partial charge in [0.05, 0.1) is 6.04 Å². The molecule has 0 aliphatic carbocycles. The molecule has 2 rings (SSSR count). The molecule has 2 aromatic rings. The van der Waals surface area contributed by atoms with E-state index in [1.807, 2.05) is 0 Å². The highest BCUT2D eigenvalue weighted by atomic mass is 31.2. The average molecular weight is 969 g/mol. The zero-order valence-electron chi connectivity index (χ0n) is 37.9. The van der Waals surface area contributed by atoms with E-state index >= 15 is 0 Å². The molecule has 0 radical (unpaired) electrons. The number of benzene rings is 2. The zero-order valence-corrected chi connectivity index (χ0v) is 39.7. The molecule has 0 saturated carbocycles. The lowest BCUT2D eigenvalue weighted by atomic mass is 10.0. The third-order valence-corrected chi connectivity index (χ3v) is 14.6. The lowest BCUT2D eigenvalue weighted by Gasteiger charge is -2.34. The van der Waals surface area contributed by atoms with Crippen LogP contribution in [0.15, 0.2) is 53.5 Å². The number of nitrogens with two attached hydrogens (primary N) is 3. The second-order valence-electron chi connectivity index (χ2n) is 16.0. The number of aliphatic carboxylic acids is 1. The lowest BCUT2D eigenvalue weighted by molar-refractivity contribution is -0.139. The Morgan fingerprint density at radius 1 is 0.682 bits per heavy atom. The molecule has 0 spiro atoms. The van der Waals surface area contributed by atoms with Gasteiger partial charge >= 0.3 is 5.97 Å². The van der Waals surface area contributed by atoms with Gasteiger partial charge in [-0.25, -0.2) is 10.2 Å². The minimum absolute atomic E-state index is 0.0293. The van der Waals surface area contributed by atoms with Gasteiger partial charge in [0.25, 0.3) is 15.0 Å². The van der Waals surface area contributed by atoms with Crippen molar-refractivity contribution in [1.29, 1.82) is 0 Å². The van der Waals surface area contributed by atoms with Crippen molar-refractivity contribution in [2.45, 2.75) is 121 Å². The maximum atomic E-state index is 14.4. The second-order valence-corrected chi connectivity index (χ2v) is 20.3. The molecule has 0 aromatic heterocycles. The first kappa shape index (κ1) is 57.0. The molecule has 0 bridgehead atoms. The molecule has 0 saturated heterocycles. The van der Waals surface area contributed by atoms with E-state index in [4.69, 9.17) is 17.2 Å². The first-order valence-corrected chi connectivity index (χ1v) is 24.9. The number of amides is 4. The summed E-state index contributed by atoms with van der Waals surface area (Å²) in [5, 5.41) is 48.5. The van der Waals surface area contributed by atoms with E-state index in [-0.39, 0.29) is 62.7 Å². The fourth-order valence-corrected chi connectivity index (χ4v) is 9.64. The predicted octanol–water partition coefficient (Wildman–Crippen LogP) is 0.750. The van der Waals surface area contributed by atoms with Crippen molar-refractivity contribution in [3.05, 3.63) is 65.0 Å². The van der Waals surface area contributed by atoms with Gasteiger partial charge in [0, 0.05) is 13.0 Å². The molecule has 0 fully saturated rings. The third-order valence-electron chi connectivity index (χ3n) is 10.7. The van der Waals surface area contributed by atoms with Crippen molar-refractivity contribution >= 4 is 50.6 Å². The van der Waals surface area contributed by atoms with Crippen LogP contribution in [0.2, 0.25) is 0 Å². The topological polar surface area (TPSA) is 397 Å². The Balaban J connectivity index is 2.52. The second kappa shape index (κ2) is 27.5. The standard InChI is InChI=1S/C41H68N11O12P2/c1-6-24(2)39(50-35(55)25(3)45-5)66(63,64)52-34(23-28-14-18-30(54)19-15-28)38(58)49-33(22-27-12-16-29(53)17-13-27)37(57)48-31(10-7-8-20-42)36(56)47-26(4)65(61,62)51-32(40(59)60)11-9-21-46-41(43)44/h12-19,24-26,31-34,39,53-54H,6-11,20-23,42H2,1-5H3,(H,47,56)(H,48,57)(H,49,58)(H,50,55)(H,59,60)(H4,43,44,46)(H2,51,61,62)(H2,52,63,64)/q-1. The number of phenols is 2. The van der Waals surface area contributed by atoms with E-state index < -0.39 is 92.3 Å². The van der Waals surface area contributed by atoms with Crippen LogP contribution in [0.3, 0.4) is 0 Å². The maximum absolute atomic E-state index is 14.4. The minimum Gasteiger partial charge on any atom is -0.655 e. The SMILES string of the molecule is CCC(C)C(NC(=O)C(C)[N-]C)P(=O)(O)NC(Cc1ccc(O)cc1)C(=O)NC(Cc1ccc(O)cc1)C(=O)NC(CCCCN)C(=O)NC(C)P(=O)(O)NC(CCCN=C(N)N)C(=O)O. The zero-order chi connectivity index (χ0) is 49.8. The van der Waals surface area contributed by atoms with Gasteiger partial charge in [0.15, 0.2) is 5.96 Å². The molecule has 66 heavy (non-hydrogen) atoms. The smallest absolute Gasteiger partial charge is 0.321 e. The van der Waals surface area contributed by atoms with Crippen LogP contribution < -0.4 is 48.6 Å². The Morgan fingerprint density at radius 2 is 1.17 bits per heavy atom. The van der Waals surface area contributed by atoms with Gasteiger partial charge in [-0.2, -0.15) is 7.05 Å². The summed E-state index contributed by atoms with van der Waals surface area (Å²) in [4.78, 5) is 93.8. The van der Waals surface area contributed by atoms with Gasteiger partial charge in [-0.3, -0.25) is 38.1 Å². The van der Waals surface area contributed by atoms with Crippen molar-refractivity contribution in [2.24, 2.45) is 28.1 Å². The van der Waals surface area contributed by atoms with Crippen molar-refractivity contribution in [2.75, 3.05) is 20.1 Å². The summed E-state index contributed by atoms with van der Waals surface area (Å²) in [6.07, 6.45) is 0.558. The molecule has 10 unspecified atom stereocenters. The third kappa shape index (κ3) is 19.4. The molecule has 25 heteroatoms. The first-order chi connectivity index (χ1) is 30.9. The summed E-state index contributed by atoms with van der Waals surface area (Å²) >= 11 is 0. The number of carbonyl (C=O) groups excluding carboxylic acids is 4. The van der Waals surface area contributed by atoms with Crippen molar-refractivity contribution in [1.82, 2.24) is 31.4 Å². The van der Waals surface area contributed by atoms with E-state index in [9.17, 15) is 58.2 Å². The molecular weight excluding hydrogens is 900 g/mol. The van der Waals surface area contributed by atoms with Gasteiger partial charge in [-0.15, -0.1) is 0 Å². The number of carbonyl (C=O) groups is 5. The Morgan fingerprint density at radius 3 is 1.67 bits per heavy atom. The highest BCUT2D eigenvalue weighted by Gasteiger charge is 2.41. The molecule has 4 amide bonds. The quantitative estimate of drug-likeness (QED) is 0.0222. The molecule has 23 nitrogen and oxygen atoms in total. The largest absolute Gasteiger partial charge is 0.655 e. The molecule has 0 heterocycles. The number of nitrogens with zero attached hydrogens (tertiary/aromatic N) is 2. The number of aliphatic imine (C=N–C) groups is 1. The number of aromatic hydroxyl groups is 2. The number of phenolic OH excluding ortho intramolecular Hbond substituents is 2. The monoisotopic (exact) mass is 968 g/mol. The fraction of sp³-hybridized carbons (Fsp3) is 0.561. The number of rotatable bonds is 30. The summed E-state index contributed by atoms with van der Waals surface area (Å²) in [6, 6.07) is 4.55. The Kier molecular flexibility index (Phi) is 23.8. The molecule has 0 aliphatic rings. The van der Waals surface area contributed by atoms with Gasteiger partial charge in [0.2, 0.25) is 23.6 Å². The number of unbranched alkanes of at least 4 members (excludes halogenated alkanes) is 1. The summed E-state index contributed by atoms with van der Waals surface area (Å²) in [7, 11) is -7.93. The number of carboxylic acids is 1. The van der Waals surface area contributed by atoms with Crippen LogP contribution in [-0.2, 0) is 45.9 Å². The van der Waals surface area contributed by atoms with Crippen LogP contribution in [0.5, 0.6) is 11.5 Å². The molecule has 370 valence electrons. The van der Waals surface area contributed by atoms with E-state index in [1.165, 1.54) is 69.4 Å². The van der Waals surface area contributed by atoms with Gasteiger partial charge in [0.1, 0.15) is 41.2 Å².